The summed E-state index contributed by atoms with van der Waals surface area (Å²) in [6, 6.07) is 2.27. The van der Waals surface area contributed by atoms with Crippen LogP contribution >= 0.6 is 15.9 Å². The highest BCUT2D eigenvalue weighted by molar-refractivity contribution is 9.10. The lowest BCUT2D eigenvalue weighted by molar-refractivity contribution is 0.231. The third-order valence-electron chi connectivity index (χ3n) is 4.69. The lowest BCUT2D eigenvalue weighted by Gasteiger charge is -2.36. The zero-order valence-electron chi connectivity index (χ0n) is 10.7. The molecule has 2 unspecified atom stereocenters. The van der Waals surface area contributed by atoms with E-state index in [0.717, 1.165) is 22.9 Å². The summed E-state index contributed by atoms with van der Waals surface area (Å²) in [6.45, 7) is 2.35. The molecule has 2 heterocycles. The zero-order chi connectivity index (χ0) is 12.4. The topological polar surface area (TPSA) is 24.9 Å². The molecule has 18 heavy (non-hydrogen) atoms. The van der Waals surface area contributed by atoms with Crippen LogP contribution in [0.1, 0.15) is 43.6 Å². The molecule has 1 aromatic heterocycles. The molecular formula is C15H21BrN2. The molecule has 1 aromatic rings. The fourth-order valence-corrected chi connectivity index (χ4v) is 4.19. The Morgan fingerprint density at radius 3 is 2.78 bits per heavy atom. The summed E-state index contributed by atoms with van der Waals surface area (Å²) in [4.78, 5) is 4.35. The van der Waals surface area contributed by atoms with Crippen LogP contribution in [0.5, 0.6) is 0 Å². The van der Waals surface area contributed by atoms with Gasteiger partial charge in [0.05, 0.1) is 0 Å². The second kappa shape index (κ2) is 5.70. The van der Waals surface area contributed by atoms with E-state index >= 15 is 0 Å². The molecule has 1 aliphatic heterocycles. The Balaban J connectivity index is 1.82. The van der Waals surface area contributed by atoms with Gasteiger partial charge in [0, 0.05) is 16.9 Å². The number of nitrogens with one attached hydrogen (secondary N) is 1. The SMILES string of the molecule is Brc1cncc(C2CCNCC2C2CCCC2)c1. The van der Waals surface area contributed by atoms with Gasteiger partial charge in [0.2, 0.25) is 0 Å². The van der Waals surface area contributed by atoms with E-state index < -0.39 is 0 Å². The van der Waals surface area contributed by atoms with Gasteiger partial charge in [-0.2, -0.15) is 0 Å². The Morgan fingerprint density at radius 1 is 1.17 bits per heavy atom. The summed E-state index contributed by atoms with van der Waals surface area (Å²) in [7, 11) is 0. The quantitative estimate of drug-likeness (QED) is 0.900. The van der Waals surface area contributed by atoms with Crippen molar-refractivity contribution in [3.63, 3.8) is 0 Å². The van der Waals surface area contributed by atoms with E-state index in [1.165, 1.54) is 44.2 Å². The fourth-order valence-electron chi connectivity index (χ4n) is 3.81. The predicted molar refractivity (Wildman–Crippen MR) is 77.6 cm³/mol. The van der Waals surface area contributed by atoms with Crippen molar-refractivity contribution in [3.05, 3.63) is 28.5 Å². The monoisotopic (exact) mass is 308 g/mol. The molecule has 98 valence electrons. The normalized spacial score (nSPS) is 29.6. The van der Waals surface area contributed by atoms with Gasteiger partial charge in [0.1, 0.15) is 0 Å². The first-order valence-electron chi connectivity index (χ1n) is 7.16. The molecule has 0 bridgehead atoms. The van der Waals surface area contributed by atoms with E-state index in [1.54, 1.807) is 0 Å². The van der Waals surface area contributed by atoms with Gasteiger partial charge in [-0.1, -0.05) is 25.7 Å². The molecule has 1 aliphatic carbocycles. The molecule has 3 heteroatoms. The molecule has 2 fully saturated rings. The van der Waals surface area contributed by atoms with Crippen LogP contribution in [-0.2, 0) is 0 Å². The predicted octanol–water partition coefficient (Wildman–Crippen LogP) is 3.73. The van der Waals surface area contributed by atoms with Crippen LogP contribution in [-0.4, -0.2) is 18.1 Å². The number of halogens is 1. The second-order valence-corrected chi connectivity index (χ2v) is 6.66. The molecule has 0 radical (unpaired) electrons. The molecule has 0 aromatic carbocycles. The molecule has 0 amide bonds. The third-order valence-corrected chi connectivity index (χ3v) is 5.12. The van der Waals surface area contributed by atoms with E-state index in [9.17, 15) is 0 Å². The average molecular weight is 309 g/mol. The third kappa shape index (κ3) is 2.62. The molecule has 3 rings (SSSR count). The molecule has 2 atom stereocenters. The van der Waals surface area contributed by atoms with Gasteiger partial charge < -0.3 is 5.32 Å². The Labute approximate surface area is 118 Å². The van der Waals surface area contributed by atoms with Crippen LogP contribution in [0.3, 0.4) is 0 Å². The van der Waals surface area contributed by atoms with Gasteiger partial charge in [-0.15, -0.1) is 0 Å². The maximum absolute atomic E-state index is 4.35. The minimum Gasteiger partial charge on any atom is -0.316 e. The standard InChI is InChI=1S/C15H21BrN2/c16-13-7-12(8-18-9-13)14-5-6-17-10-15(14)11-3-1-2-4-11/h7-9,11,14-15,17H,1-6,10H2. The van der Waals surface area contributed by atoms with Crippen molar-refractivity contribution >= 4 is 15.9 Å². The molecule has 0 spiro atoms. The number of pyridine rings is 1. The molecule has 2 nitrogen and oxygen atoms in total. The number of hydrogen-bond donors (Lipinski definition) is 1. The number of rotatable bonds is 2. The maximum Gasteiger partial charge on any atom is 0.0410 e. The Morgan fingerprint density at radius 2 is 2.00 bits per heavy atom. The van der Waals surface area contributed by atoms with Gasteiger partial charge in [-0.3, -0.25) is 4.98 Å². The maximum atomic E-state index is 4.35. The Kier molecular flexibility index (Phi) is 4.00. The van der Waals surface area contributed by atoms with Crippen LogP contribution in [0.15, 0.2) is 22.9 Å². The van der Waals surface area contributed by atoms with Gasteiger partial charge in [-0.25, -0.2) is 0 Å². The van der Waals surface area contributed by atoms with E-state index in [0.29, 0.717) is 5.92 Å². The second-order valence-electron chi connectivity index (χ2n) is 5.74. The van der Waals surface area contributed by atoms with Gasteiger partial charge in [0.25, 0.3) is 0 Å². The highest BCUT2D eigenvalue weighted by atomic mass is 79.9. The summed E-state index contributed by atoms with van der Waals surface area (Å²) in [6.07, 6.45) is 11.0. The largest absolute Gasteiger partial charge is 0.316 e. The van der Waals surface area contributed by atoms with Crippen molar-refractivity contribution in [1.82, 2.24) is 10.3 Å². The van der Waals surface area contributed by atoms with Crippen LogP contribution in [0.2, 0.25) is 0 Å². The van der Waals surface area contributed by atoms with Crippen LogP contribution in [0, 0.1) is 11.8 Å². The molecular weight excluding hydrogens is 288 g/mol. The van der Waals surface area contributed by atoms with Gasteiger partial charge in [0.15, 0.2) is 0 Å². The first-order chi connectivity index (χ1) is 8.84. The van der Waals surface area contributed by atoms with Crippen LogP contribution < -0.4 is 5.32 Å². The van der Waals surface area contributed by atoms with Gasteiger partial charge in [-0.05, 0) is 64.8 Å². The summed E-state index contributed by atoms with van der Waals surface area (Å²) >= 11 is 3.55. The van der Waals surface area contributed by atoms with E-state index in [-0.39, 0.29) is 0 Å². The van der Waals surface area contributed by atoms with Crippen molar-refractivity contribution in [1.29, 1.82) is 0 Å². The van der Waals surface area contributed by atoms with E-state index in [1.807, 2.05) is 6.20 Å². The Hall–Kier alpha value is -0.410. The summed E-state index contributed by atoms with van der Waals surface area (Å²) < 4.78 is 1.11. The number of hydrogen-bond acceptors (Lipinski definition) is 2. The van der Waals surface area contributed by atoms with Crippen molar-refractivity contribution in [2.45, 2.75) is 38.0 Å². The van der Waals surface area contributed by atoms with Crippen LogP contribution in [0.25, 0.3) is 0 Å². The first-order valence-corrected chi connectivity index (χ1v) is 7.95. The number of piperidine rings is 1. The smallest absolute Gasteiger partial charge is 0.0410 e. The number of aromatic nitrogens is 1. The van der Waals surface area contributed by atoms with Crippen molar-refractivity contribution in [2.75, 3.05) is 13.1 Å². The summed E-state index contributed by atoms with van der Waals surface area (Å²) in [5.41, 5.74) is 1.43. The number of nitrogens with zero attached hydrogens (tertiary/aromatic N) is 1. The van der Waals surface area contributed by atoms with Crippen molar-refractivity contribution in [3.8, 4) is 0 Å². The molecule has 1 saturated carbocycles. The minimum atomic E-state index is 0.708. The van der Waals surface area contributed by atoms with E-state index in [2.05, 4.69) is 38.5 Å². The molecule has 1 saturated heterocycles. The molecule has 2 aliphatic rings. The van der Waals surface area contributed by atoms with Crippen molar-refractivity contribution in [2.24, 2.45) is 11.8 Å². The fraction of sp³-hybridized carbons (Fsp3) is 0.667. The zero-order valence-corrected chi connectivity index (χ0v) is 12.3. The molecule has 1 N–H and O–H groups in total. The highest BCUT2D eigenvalue weighted by Gasteiger charge is 2.34. The minimum absolute atomic E-state index is 0.708. The van der Waals surface area contributed by atoms with E-state index in [4.69, 9.17) is 0 Å². The Bertz CT molecular complexity index is 401. The van der Waals surface area contributed by atoms with Crippen LogP contribution in [0.4, 0.5) is 0 Å². The summed E-state index contributed by atoms with van der Waals surface area (Å²) in [5.74, 6) is 2.46. The first kappa shape index (κ1) is 12.6. The lowest BCUT2D eigenvalue weighted by atomic mass is 9.74. The average Bonchev–Trinajstić information content (AvgIpc) is 2.92. The lowest BCUT2D eigenvalue weighted by Crippen LogP contribution is -2.38. The van der Waals surface area contributed by atoms with Crippen molar-refractivity contribution < 1.29 is 0 Å². The highest BCUT2D eigenvalue weighted by Crippen LogP contribution is 2.42. The summed E-state index contributed by atoms with van der Waals surface area (Å²) in [5, 5.41) is 3.59. The van der Waals surface area contributed by atoms with Gasteiger partial charge >= 0.3 is 0 Å².